The van der Waals surface area contributed by atoms with Crippen molar-refractivity contribution in [3.05, 3.63) is 89.7 Å². The first-order valence-electron chi connectivity index (χ1n) is 14.9. The van der Waals surface area contributed by atoms with Crippen LogP contribution in [-0.4, -0.2) is 43.9 Å². The quantitative estimate of drug-likeness (QED) is 0.174. The maximum atomic E-state index is 13.0. The van der Waals surface area contributed by atoms with Gasteiger partial charge in [-0.3, -0.25) is 14.5 Å². The van der Waals surface area contributed by atoms with Gasteiger partial charge in [0.25, 0.3) is 0 Å². The Labute approximate surface area is 269 Å². The van der Waals surface area contributed by atoms with E-state index in [0.717, 1.165) is 40.8 Å². The zero-order valence-corrected chi connectivity index (χ0v) is 26.7. The number of aliphatic imine (C=N–C) groups is 1. The molecule has 2 heterocycles. The minimum Gasteiger partial charge on any atom is -0.406 e. The van der Waals surface area contributed by atoms with Crippen molar-refractivity contribution in [3.8, 4) is 22.8 Å². The van der Waals surface area contributed by atoms with Crippen LogP contribution in [0, 0.1) is 12.8 Å². The van der Waals surface area contributed by atoms with Crippen LogP contribution >= 0.6 is 11.8 Å². The van der Waals surface area contributed by atoms with Gasteiger partial charge in [0.1, 0.15) is 12.1 Å². The molecular weight excluding hydrogens is 615 g/mol. The molecule has 0 N–H and O–H groups in total. The summed E-state index contributed by atoms with van der Waals surface area (Å²) in [6.45, 7) is 8.16. The number of hydrogen-bond acceptors (Lipinski definition) is 6. The van der Waals surface area contributed by atoms with Crippen LogP contribution in [0.2, 0.25) is 0 Å². The summed E-state index contributed by atoms with van der Waals surface area (Å²) in [6, 6.07) is 19.2. The number of alkyl halides is 3. The Bertz CT molecular complexity index is 1730. The predicted molar refractivity (Wildman–Crippen MR) is 173 cm³/mol. The Morgan fingerprint density at radius 1 is 1.04 bits per heavy atom. The molecular formula is C34H34F3N5O3S. The summed E-state index contributed by atoms with van der Waals surface area (Å²) in [5.74, 6) is 0.404. The first kappa shape index (κ1) is 32.9. The van der Waals surface area contributed by atoms with Gasteiger partial charge in [-0.15, -0.1) is 18.3 Å². The molecule has 1 atom stereocenters. The predicted octanol–water partition coefficient (Wildman–Crippen LogP) is 7.89. The van der Waals surface area contributed by atoms with Crippen LogP contribution in [0.3, 0.4) is 0 Å². The molecule has 1 aliphatic heterocycles. The van der Waals surface area contributed by atoms with Crippen LogP contribution in [0.4, 0.5) is 18.9 Å². The van der Waals surface area contributed by atoms with Gasteiger partial charge in [0, 0.05) is 12.0 Å². The van der Waals surface area contributed by atoms with E-state index in [1.807, 2.05) is 56.3 Å². The third kappa shape index (κ3) is 8.22. The molecule has 4 aromatic rings. The highest BCUT2D eigenvalue weighted by Crippen LogP contribution is 2.34. The number of amidine groups is 1. The van der Waals surface area contributed by atoms with Gasteiger partial charge in [-0.05, 0) is 78.6 Å². The average Bonchev–Trinajstić information content (AvgIpc) is 3.63. The molecule has 3 aromatic carbocycles. The minimum absolute atomic E-state index is 0.0730. The van der Waals surface area contributed by atoms with Gasteiger partial charge in [0.05, 0.1) is 17.1 Å². The largest absolute Gasteiger partial charge is 0.573 e. The lowest BCUT2D eigenvalue weighted by molar-refractivity contribution is -0.274. The molecule has 2 amide bonds. The SMILES string of the molecule is Cc1ccc(C(C)C)c(N2C(=O)CSC2=NC(=O)CC(C)CCc2ccc(-c3ncn(-c4ccc(OC(F)(F)F)cc4)n3)cc2)c1. The molecule has 12 heteroatoms. The monoisotopic (exact) mass is 649 g/mol. The number of thioether (sulfide) groups is 1. The molecule has 0 spiro atoms. The van der Waals surface area contributed by atoms with Crippen molar-refractivity contribution in [3.63, 3.8) is 0 Å². The van der Waals surface area contributed by atoms with Crippen molar-refractivity contribution < 1.29 is 27.5 Å². The molecule has 1 aromatic heterocycles. The fourth-order valence-electron chi connectivity index (χ4n) is 5.12. The second-order valence-electron chi connectivity index (χ2n) is 11.6. The lowest BCUT2D eigenvalue weighted by atomic mass is 9.97. The van der Waals surface area contributed by atoms with Crippen molar-refractivity contribution in [2.45, 2.75) is 59.2 Å². The topological polar surface area (TPSA) is 89.7 Å². The second-order valence-corrected chi connectivity index (χ2v) is 12.6. The molecule has 8 nitrogen and oxygen atoms in total. The summed E-state index contributed by atoms with van der Waals surface area (Å²) in [6.07, 6.45) is -1.44. The second kappa shape index (κ2) is 13.9. The molecule has 240 valence electrons. The van der Waals surface area contributed by atoms with Gasteiger partial charge >= 0.3 is 6.36 Å². The summed E-state index contributed by atoms with van der Waals surface area (Å²) in [4.78, 5) is 36.1. The number of carbonyl (C=O) groups is 2. The zero-order chi connectivity index (χ0) is 33.0. The van der Waals surface area contributed by atoms with Crippen molar-refractivity contribution in [1.82, 2.24) is 14.8 Å². The number of hydrogen-bond donors (Lipinski definition) is 0. The molecule has 0 saturated carbocycles. The standard InChI is InChI=1S/C34H34F3N5O3S/c1-21(2)28-16-6-22(3)17-29(28)42-31(44)19-46-33(42)39-30(43)18-23(4)5-7-24-8-10-25(11-9-24)32-38-20-41(40-32)26-12-14-27(15-13-26)45-34(35,36)37/h6,8-17,20-21,23H,5,7,18-19H2,1-4H3. The van der Waals surface area contributed by atoms with E-state index in [-0.39, 0.29) is 41.6 Å². The van der Waals surface area contributed by atoms with E-state index in [1.165, 1.54) is 47.0 Å². The Morgan fingerprint density at radius 2 is 1.76 bits per heavy atom. The molecule has 1 fully saturated rings. The number of benzene rings is 3. The smallest absolute Gasteiger partial charge is 0.406 e. The van der Waals surface area contributed by atoms with Crippen LogP contribution in [0.5, 0.6) is 5.75 Å². The highest BCUT2D eigenvalue weighted by atomic mass is 32.2. The molecule has 0 aliphatic carbocycles. The summed E-state index contributed by atoms with van der Waals surface area (Å²) in [5, 5.41) is 4.89. The highest BCUT2D eigenvalue weighted by Gasteiger charge is 2.33. The first-order chi connectivity index (χ1) is 21.9. The van der Waals surface area contributed by atoms with Crippen LogP contribution in [0.25, 0.3) is 17.1 Å². The number of carbonyl (C=O) groups excluding carboxylic acids is 2. The molecule has 46 heavy (non-hydrogen) atoms. The van der Waals surface area contributed by atoms with Gasteiger partial charge in [-0.25, -0.2) is 9.67 Å². The van der Waals surface area contributed by atoms with Crippen molar-refractivity contribution in [2.75, 3.05) is 10.7 Å². The molecule has 1 unspecified atom stereocenters. The van der Waals surface area contributed by atoms with E-state index in [4.69, 9.17) is 0 Å². The van der Waals surface area contributed by atoms with Crippen LogP contribution in [-0.2, 0) is 16.0 Å². The fraction of sp³-hybridized carbons (Fsp3) is 0.324. The molecule has 0 bridgehead atoms. The molecule has 1 saturated heterocycles. The normalized spacial score (nSPS) is 15.2. The van der Waals surface area contributed by atoms with E-state index in [2.05, 4.69) is 33.7 Å². The maximum Gasteiger partial charge on any atom is 0.573 e. The van der Waals surface area contributed by atoms with Crippen LogP contribution in [0.1, 0.15) is 56.2 Å². The molecule has 1 aliphatic rings. The number of ether oxygens (including phenoxy) is 1. The van der Waals surface area contributed by atoms with Crippen LogP contribution in [0.15, 0.2) is 78.0 Å². The number of halogens is 3. The van der Waals surface area contributed by atoms with E-state index < -0.39 is 6.36 Å². The van der Waals surface area contributed by atoms with Gasteiger partial charge in [0.15, 0.2) is 11.0 Å². The number of nitrogens with zero attached hydrogens (tertiary/aromatic N) is 5. The third-order valence-corrected chi connectivity index (χ3v) is 8.45. The van der Waals surface area contributed by atoms with Crippen molar-refractivity contribution in [2.24, 2.45) is 10.9 Å². The third-order valence-electron chi connectivity index (χ3n) is 7.52. The minimum atomic E-state index is -4.75. The lowest BCUT2D eigenvalue weighted by Crippen LogP contribution is -2.31. The van der Waals surface area contributed by atoms with E-state index in [9.17, 15) is 22.8 Å². The number of anilines is 1. The number of aryl methyl sites for hydroxylation is 2. The summed E-state index contributed by atoms with van der Waals surface area (Å²) < 4.78 is 42.7. The Kier molecular flexibility index (Phi) is 9.95. The van der Waals surface area contributed by atoms with Crippen molar-refractivity contribution >= 4 is 34.4 Å². The Hall–Kier alpha value is -4.45. The van der Waals surface area contributed by atoms with Gasteiger partial charge in [-0.2, -0.15) is 4.99 Å². The first-order valence-corrected chi connectivity index (χ1v) is 15.9. The van der Waals surface area contributed by atoms with Gasteiger partial charge in [-0.1, -0.05) is 68.9 Å². The average molecular weight is 650 g/mol. The highest BCUT2D eigenvalue weighted by molar-refractivity contribution is 8.15. The Morgan fingerprint density at radius 3 is 2.43 bits per heavy atom. The molecule has 5 rings (SSSR count). The lowest BCUT2D eigenvalue weighted by Gasteiger charge is -2.22. The van der Waals surface area contributed by atoms with Crippen LogP contribution < -0.4 is 9.64 Å². The summed E-state index contributed by atoms with van der Waals surface area (Å²) in [7, 11) is 0. The van der Waals surface area contributed by atoms with E-state index >= 15 is 0 Å². The number of rotatable bonds is 10. The number of aromatic nitrogens is 3. The molecule has 0 radical (unpaired) electrons. The van der Waals surface area contributed by atoms with Crippen molar-refractivity contribution in [1.29, 1.82) is 0 Å². The Balaban J connectivity index is 1.16. The van der Waals surface area contributed by atoms with Gasteiger partial charge in [0.2, 0.25) is 11.8 Å². The van der Waals surface area contributed by atoms with E-state index in [0.29, 0.717) is 16.7 Å². The number of amides is 2. The fourth-order valence-corrected chi connectivity index (χ4v) is 6.00. The zero-order valence-electron chi connectivity index (χ0n) is 25.9. The summed E-state index contributed by atoms with van der Waals surface area (Å²) >= 11 is 1.30. The van der Waals surface area contributed by atoms with Gasteiger partial charge < -0.3 is 4.74 Å². The van der Waals surface area contributed by atoms with E-state index in [1.54, 1.807) is 4.90 Å². The summed E-state index contributed by atoms with van der Waals surface area (Å²) in [5.41, 5.74) is 5.30. The maximum absolute atomic E-state index is 13.0.